The van der Waals surface area contributed by atoms with Gasteiger partial charge in [0.2, 0.25) is 5.91 Å². The van der Waals surface area contributed by atoms with Gasteiger partial charge < -0.3 is 10.1 Å². The van der Waals surface area contributed by atoms with Crippen molar-refractivity contribution >= 4 is 11.7 Å². The van der Waals surface area contributed by atoms with Crippen molar-refractivity contribution in [2.24, 2.45) is 0 Å². The molecule has 0 fully saturated rings. The van der Waals surface area contributed by atoms with Gasteiger partial charge in [-0.2, -0.15) is 13.2 Å². The van der Waals surface area contributed by atoms with E-state index in [0.29, 0.717) is 23.3 Å². The van der Waals surface area contributed by atoms with E-state index < -0.39 is 23.8 Å². The highest BCUT2D eigenvalue weighted by Crippen LogP contribution is 2.32. The number of hydrogen-bond donors (Lipinski definition) is 1. The number of nitrogens with one attached hydrogen (secondary N) is 1. The zero-order chi connectivity index (χ0) is 27.8. The fourth-order valence-electron chi connectivity index (χ4n) is 4.18. The zero-order valence-corrected chi connectivity index (χ0v) is 21.3. The van der Waals surface area contributed by atoms with Crippen LogP contribution >= 0.6 is 0 Å². The van der Waals surface area contributed by atoms with Gasteiger partial charge in [0.15, 0.2) is 5.78 Å². The molecule has 0 aliphatic rings. The van der Waals surface area contributed by atoms with Gasteiger partial charge in [-0.15, -0.1) is 0 Å². The molecule has 0 aliphatic heterocycles. The van der Waals surface area contributed by atoms with Crippen LogP contribution in [0.3, 0.4) is 0 Å². The Morgan fingerprint density at radius 1 is 0.769 bits per heavy atom. The van der Waals surface area contributed by atoms with Crippen LogP contribution in [0, 0.1) is 0 Å². The molecule has 0 bridgehead atoms. The SMILES string of the molecule is CC(C(=O)NCCC(Oc1ccc(C(F)(F)F)cc1)c1ccccc1)c1cccc(C(=O)c2ccccc2)c1. The van der Waals surface area contributed by atoms with Crippen molar-refractivity contribution in [2.75, 3.05) is 6.54 Å². The van der Waals surface area contributed by atoms with E-state index in [9.17, 15) is 22.8 Å². The maximum Gasteiger partial charge on any atom is 0.416 e. The molecule has 39 heavy (non-hydrogen) atoms. The quantitative estimate of drug-likeness (QED) is 0.218. The minimum absolute atomic E-state index is 0.115. The summed E-state index contributed by atoms with van der Waals surface area (Å²) in [6.45, 7) is 2.06. The topological polar surface area (TPSA) is 55.4 Å². The summed E-state index contributed by atoms with van der Waals surface area (Å²) in [7, 11) is 0. The van der Waals surface area contributed by atoms with Gasteiger partial charge in [0, 0.05) is 24.1 Å². The fraction of sp³-hybridized carbons (Fsp3) is 0.188. The third-order valence-electron chi connectivity index (χ3n) is 6.42. The highest BCUT2D eigenvalue weighted by molar-refractivity contribution is 6.09. The average molecular weight is 532 g/mol. The van der Waals surface area contributed by atoms with Gasteiger partial charge in [-0.25, -0.2) is 0 Å². The Morgan fingerprint density at radius 2 is 1.36 bits per heavy atom. The third kappa shape index (κ3) is 7.35. The lowest BCUT2D eigenvalue weighted by Gasteiger charge is -2.21. The molecule has 0 aromatic heterocycles. The molecule has 0 aliphatic carbocycles. The second-order valence-corrected chi connectivity index (χ2v) is 9.16. The first kappa shape index (κ1) is 27.6. The van der Waals surface area contributed by atoms with E-state index >= 15 is 0 Å². The zero-order valence-electron chi connectivity index (χ0n) is 21.3. The Hall–Kier alpha value is -4.39. The van der Waals surface area contributed by atoms with Crippen LogP contribution in [0.15, 0.2) is 109 Å². The van der Waals surface area contributed by atoms with E-state index in [-0.39, 0.29) is 18.2 Å². The molecule has 200 valence electrons. The molecule has 1 N–H and O–H groups in total. The highest BCUT2D eigenvalue weighted by atomic mass is 19.4. The van der Waals surface area contributed by atoms with Gasteiger partial charge in [-0.3, -0.25) is 9.59 Å². The number of halogens is 3. The molecule has 4 nitrogen and oxygen atoms in total. The molecule has 0 radical (unpaired) electrons. The molecule has 4 rings (SSSR count). The molecule has 0 spiro atoms. The summed E-state index contributed by atoms with van der Waals surface area (Å²) >= 11 is 0. The van der Waals surface area contributed by atoms with Crippen LogP contribution in [-0.4, -0.2) is 18.2 Å². The molecule has 0 saturated heterocycles. The molecule has 0 heterocycles. The number of alkyl halides is 3. The van der Waals surface area contributed by atoms with Crippen LogP contribution in [0.4, 0.5) is 13.2 Å². The first-order chi connectivity index (χ1) is 18.7. The van der Waals surface area contributed by atoms with Gasteiger partial charge in [0.05, 0.1) is 11.5 Å². The average Bonchev–Trinajstić information content (AvgIpc) is 2.96. The second-order valence-electron chi connectivity index (χ2n) is 9.16. The number of ketones is 1. The predicted octanol–water partition coefficient (Wildman–Crippen LogP) is 7.37. The Labute approximate surface area is 225 Å². The molecule has 0 saturated carbocycles. The van der Waals surface area contributed by atoms with Crippen molar-refractivity contribution in [1.82, 2.24) is 5.32 Å². The monoisotopic (exact) mass is 531 g/mol. The largest absolute Gasteiger partial charge is 0.486 e. The predicted molar refractivity (Wildman–Crippen MR) is 144 cm³/mol. The lowest BCUT2D eigenvalue weighted by atomic mass is 9.95. The minimum atomic E-state index is -4.42. The van der Waals surface area contributed by atoms with Crippen molar-refractivity contribution in [3.8, 4) is 5.75 Å². The second kappa shape index (κ2) is 12.4. The summed E-state index contributed by atoms with van der Waals surface area (Å²) in [6.07, 6.45) is -4.51. The normalized spacial score (nSPS) is 12.8. The van der Waals surface area contributed by atoms with Crippen LogP contribution in [0.1, 0.15) is 58.0 Å². The van der Waals surface area contributed by atoms with Gasteiger partial charge in [0.25, 0.3) is 0 Å². The van der Waals surface area contributed by atoms with E-state index in [2.05, 4.69) is 5.32 Å². The maximum absolute atomic E-state index is 13.0. The van der Waals surface area contributed by atoms with Crippen LogP contribution in [-0.2, 0) is 11.0 Å². The van der Waals surface area contributed by atoms with E-state index in [1.165, 1.54) is 12.1 Å². The van der Waals surface area contributed by atoms with Crippen LogP contribution in [0.2, 0.25) is 0 Å². The van der Waals surface area contributed by atoms with E-state index in [4.69, 9.17) is 4.74 Å². The standard InChI is InChI=1S/C32H28F3NO3/c1-22(25-13-8-14-26(21-25)30(37)24-11-6-3-7-12-24)31(38)36-20-19-29(23-9-4-2-5-10-23)39-28-17-15-27(16-18-28)32(33,34)35/h2-18,21-22,29H,19-20H2,1H3,(H,36,38). The van der Waals surface area contributed by atoms with Crippen LogP contribution in [0.5, 0.6) is 5.75 Å². The molecular weight excluding hydrogens is 503 g/mol. The van der Waals surface area contributed by atoms with Crippen LogP contribution in [0.25, 0.3) is 0 Å². The van der Waals surface area contributed by atoms with Gasteiger partial charge in [-0.1, -0.05) is 78.9 Å². The fourth-order valence-corrected chi connectivity index (χ4v) is 4.18. The van der Waals surface area contributed by atoms with E-state index in [1.807, 2.05) is 42.5 Å². The molecule has 2 atom stereocenters. The van der Waals surface area contributed by atoms with Crippen molar-refractivity contribution in [3.05, 3.63) is 137 Å². The molecular formula is C32H28F3NO3. The summed E-state index contributed by atoms with van der Waals surface area (Å²) in [5.41, 5.74) is 1.89. The Balaban J connectivity index is 1.39. The maximum atomic E-state index is 13.0. The summed E-state index contributed by atoms with van der Waals surface area (Å²) in [5, 5.41) is 2.92. The first-order valence-electron chi connectivity index (χ1n) is 12.6. The number of benzene rings is 4. The summed E-state index contributed by atoms with van der Waals surface area (Å²) < 4.78 is 44.8. The van der Waals surface area contributed by atoms with Gasteiger partial charge in [-0.05, 0) is 48.4 Å². The third-order valence-corrected chi connectivity index (χ3v) is 6.42. The molecule has 2 unspecified atom stereocenters. The Bertz CT molecular complexity index is 1390. The van der Waals surface area contributed by atoms with Crippen LogP contribution < -0.4 is 10.1 Å². The smallest absolute Gasteiger partial charge is 0.416 e. The first-order valence-corrected chi connectivity index (χ1v) is 12.6. The number of carbonyl (C=O) groups is 2. The Kier molecular flexibility index (Phi) is 8.81. The lowest BCUT2D eigenvalue weighted by Crippen LogP contribution is -2.30. The summed E-state index contributed by atoms with van der Waals surface area (Å²) in [4.78, 5) is 25.8. The highest BCUT2D eigenvalue weighted by Gasteiger charge is 2.30. The van der Waals surface area contributed by atoms with Gasteiger partial charge >= 0.3 is 6.18 Å². The summed E-state index contributed by atoms with van der Waals surface area (Å²) in [5.74, 6) is -0.521. The number of carbonyl (C=O) groups excluding carboxylic acids is 2. The van der Waals surface area contributed by atoms with E-state index in [1.54, 1.807) is 49.4 Å². The number of ether oxygens (including phenoxy) is 1. The number of hydrogen-bond acceptors (Lipinski definition) is 3. The van der Waals surface area contributed by atoms with Crippen molar-refractivity contribution < 1.29 is 27.5 Å². The number of rotatable bonds is 10. The van der Waals surface area contributed by atoms with Crippen molar-refractivity contribution in [1.29, 1.82) is 0 Å². The number of amides is 1. The molecule has 7 heteroatoms. The van der Waals surface area contributed by atoms with Crippen molar-refractivity contribution in [2.45, 2.75) is 31.5 Å². The van der Waals surface area contributed by atoms with E-state index in [0.717, 1.165) is 23.3 Å². The lowest BCUT2D eigenvalue weighted by molar-refractivity contribution is -0.137. The minimum Gasteiger partial charge on any atom is -0.486 e. The van der Waals surface area contributed by atoms with Crippen molar-refractivity contribution in [3.63, 3.8) is 0 Å². The summed E-state index contributed by atoms with van der Waals surface area (Å²) in [6, 6.07) is 29.8. The molecule has 1 amide bonds. The molecule has 4 aromatic carbocycles. The Morgan fingerprint density at radius 3 is 2.00 bits per heavy atom. The van der Waals surface area contributed by atoms with Gasteiger partial charge in [0.1, 0.15) is 11.9 Å². The molecule has 4 aromatic rings.